The van der Waals surface area contributed by atoms with E-state index in [0.717, 1.165) is 17.0 Å². The standard InChI is InChI=1S/C14H24N2O2/c1-9-12(10(2)18-15-9)8-13(17)16(7)11(3)14(4,5)6/h11H,8H2,1-7H3/t11-/m1/s1. The van der Waals surface area contributed by atoms with Gasteiger partial charge in [-0.1, -0.05) is 25.9 Å². The highest BCUT2D eigenvalue weighted by atomic mass is 16.5. The van der Waals surface area contributed by atoms with Crippen molar-refractivity contribution in [2.75, 3.05) is 7.05 Å². The van der Waals surface area contributed by atoms with Crippen molar-refractivity contribution in [3.05, 3.63) is 17.0 Å². The summed E-state index contributed by atoms with van der Waals surface area (Å²) >= 11 is 0. The maximum Gasteiger partial charge on any atom is 0.227 e. The molecule has 1 atom stereocenters. The first-order valence-electron chi connectivity index (χ1n) is 6.32. The summed E-state index contributed by atoms with van der Waals surface area (Å²) in [6, 6.07) is 0.186. The number of aromatic nitrogens is 1. The van der Waals surface area contributed by atoms with E-state index in [1.54, 1.807) is 0 Å². The van der Waals surface area contributed by atoms with Crippen molar-refractivity contribution in [1.29, 1.82) is 0 Å². The maximum absolute atomic E-state index is 12.3. The minimum absolute atomic E-state index is 0.0726. The highest BCUT2D eigenvalue weighted by Crippen LogP contribution is 2.24. The lowest BCUT2D eigenvalue weighted by atomic mass is 9.87. The average molecular weight is 252 g/mol. The van der Waals surface area contributed by atoms with E-state index in [9.17, 15) is 4.79 Å². The van der Waals surface area contributed by atoms with Gasteiger partial charge in [0, 0.05) is 18.7 Å². The fourth-order valence-electron chi connectivity index (χ4n) is 1.83. The second kappa shape index (κ2) is 5.12. The van der Waals surface area contributed by atoms with Crippen LogP contribution in [-0.2, 0) is 11.2 Å². The molecule has 1 rings (SSSR count). The van der Waals surface area contributed by atoms with Crippen molar-refractivity contribution in [1.82, 2.24) is 10.1 Å². The summed E-state index contributed by atoms with van der Waals surface area (Å²) in [5, 5.41) is 3.88. The predicted molar refractivity (Wildman–Crippen MR) is 71.4 cm³/mol. The number of carbonyl (C=O) groups excluding carboxylic acids is 1. The zero-order valence-electron chi connectivity index (χ0n) is 12.5. The first-order valence-corrected chi connectivity index (χ1v) is 6.32. The molecule has 102 valence electrons. The summed E-state index contributed by atoms with van der Waals surface area (Å²) in [4.78, 5) is 14.1. The molecule has 0 aromatic carbocycles. The lowest BCUT2D eigenvalue weighted by Crippen LogP contribution is -2.43. The molecule has 1 aromatic rings. The fourth-order valence-corrected chi connectivity index (χ4v) is 1.83. The molecule has 0 saturated heterocycles. The van der Waals surface area contributed by atoms with Crippen molar-refractivity contribution in [2.45, 2.75) is 54.0 Å². The van der Waals surface area contributed by atoms with Crippen LogP contribution in [0.5, 0.6) is 0 Å². The van der Waals surface area contributed by atoms with Crippen molar-refractivity contribution in [3.8, 4) is 0 Å². The molecular formula is C14H24N2O2. The van der Waals surface area contributed by atoms with Crippen LogP contribution in [0.25, 0.3) is 0 Å². The maximum atomic E-state index is 12.3. The van der Waals surface area contributed by atoms with Crippen LogP contribution in [0.1, 0.15) is 44.7 Å². The van der Waals surface area contributed by atoms with Gasteiger partial charge < -0.3 is 9.42 Å². The molecule has 1 aromatic heterocycles. The van der Waals surface area contributed by atoms with Crippen LogP contribution in [0.3, 0.4) is 0 Å². The van der Waals surface area contributed by atoms with Gasteiger partial charge in [-0.3, -0.25) is 4.79 Å². The van der Waals surface area contributed by atoms with Crippen LogP contribution in [0.15, 0.2) is 4.52 Å². The molecule has 18 heavy (non-hydrogen) atoms. The van der Waals surface area contributed by atoms with Gasteiger partial charge in [0.2, 0.25) is 5.91 Å². The molecular weight excluding hydrogens is 228 g/mol. The third-order valence-electron chi connectivity index (χ3n) is 3.74. The molecule has 0 saturated carbocycles. The molecule has 1 heterocycles. The molecule has 4 nitrogen and oxygen atoms in total. The molecule has 1 amide bonds. The zero-order chi connectivity index (χ0) is 14.1. The lowest BCUT2D eigenvalue weighted by Gasteiger charge is -2.35. The Morgan fingerprint density at radius 2 is 1.94 bits per heavy atom. The Kier molecular flexibility index (Phi) is 4.20. The monoisotopic (exact) mass is 252 g/mol. The smallest absolute Gasteiger partial charge is 0.227 e. The van der Waals surface area contributed by atoms with Gasteiger partial charge in [0.1, 0.15) is 5.76 Å². The molecule has 0 radical (unpaired) electrons. The minimum Gasteiger partial charge on any atom is -0.361 e. The number of rotatable bonds is 3. The zero-order valence-corrected chi connectivity index (χ0v) is 12.5. The second-order valence-electron chi connectivity index (χ2n) is 6.03. The van der Waals surface area contributed by atoms with E-state index in [1.165, 1.54) is 0 Å². The Morgan fingerprint density at radius 1 is 1.39 bits per heavy atom. The summed E-state index contributed by atoms with van der Waals surface area (Å²) in [7, 11) is 1.86. The number of aryl methyl sites for hydroxylation is 2. The summed E-state index contributed by atoms with van der Waals surface area (Å²) in [5.74, 6) is 0.837. The molecule has 0 unspecified atom stereocenters. The Labute approximate surface area is 109 Å². The van der Waals surface area contributed by atoms with E-state index < -0.39 is 0 Å². The van der Waals surface area contributed by atoms with Gasteiger partial charge in [0.05, 0.1) is 12.1 Å². The van der Waals surface area contributed by atoms with Crippen LogP contribution in [0, 0.1) is 19.3 Å². The predicted octanol–water partition coefficient (Wildman–Crippen LogP) is 2.73. The van der Waals surface area contributed by atoms with E-state index in [4.69, 9.17) is 4.52 Å². The SMILES string of the molecule is Cc1noc(C)c1CC(=O)N(C)[C@H](C)C(C)(C)C. The van der Waals surface area contributed by atoms with Gasteiger partial charge in [-0.2, -0.15) is 0 Å². The van der Waals surface area contributed by atoms with Crippen molar-refractivity contribution >= 4 is 5.91 Å². The Hall–Kier alpha value is -1.32. The summed E-state index contributed by atoms with van der Waals surface area (Å²) < 4.78 is 5.08. The Balaban J connectivity index is 2.78. The first kappa shape index (κ1) is 14.7. The first-order chi connectivity index (χ1) is 8.14. The largest absolute Gasteiger partial charge is 0.361 e. The minimum atomic E-state index is 0.0726. The normalized spacial score (nSPS) is 13.5. The van der Waals surface area contributed by atoms with Gasteiger partial charge in [0.25, 0.3) is 0 Å². The fraction of sp³-hybridized carbons (Fsp3) is 0.714. The van der Waals surface area contributed by atoms with Crippen molar-refractivity contribution in [3.63, 3.8) is 0 Å². The number of hydrogen-bond acceptors (Lipinski definition) is 3. The van der Waals surface area contributed by atoms with Gasteiger partial charge in [-0.05, 0) is 26.2 Å². The molecule has 0 aliphatic carbocycles. The van der Waals surface area contributed by atoms with Crippen LogP contribution >= 0.6 is 0 Å². The molecule has 0 N–H and O–H groups in total. The quantitative estimate of drug-likeness (QED) is 0.831. The van der Waals surface area contributed by atoms with E-state index >= 15 is 0 Å². The van der Waals surface area contributed by atoms with E-state index in [0.29, 0.717) is 6.42 Å². The van der Waals surface area contributed by atoms with E-state index in [1.807, 2.05) is 25.8 Å². The summed E-state index contributed by atoms with van der Waals surface area (Å²) in [5.41, 5.74) is 1.79. The molecule has 0 bridgehead atoms. The van der Waals surface area contributed by atoms with Crippen LogP contribution < -0.4 is 0 Å². The summed E-state index contributed by atoms with van der Waals surface area (Å²) in [6.07, 6.45) is 0.359. The topological polar surface area (TPSA) is 46.3 Å². The summed E-state index contributed by atoms with van der Waals surface area (Å²) in [6.45, 7) is 12.2. The third-order valence-corrected chi connectivity index (χ3v) is 3.74. The lowest BCUT2D eigenvalue weighted by molar-refractivity contribution is -0.132. The highest BCUT2D eigenvalue weighted by Gasteiger charge is 2.27. The number of nitrogens with zero attached hydrogens (tertiary/aromatic N) is 2. The molecule has 4 heteroatoms. The number of likely N-dealkylation sites (N-methyl/N-ethyl adjacent to an activating group) is 1. The average Bonchev–Trinajstić information content (AvgIpc) is 2.57. The number of hydrogen-bond donors (Lipinski definition) is 0. The van der Waals surface area contributed by atoms with Gasteiger partial charge in [-0.25, -0.2) is 0 Å². The van der Waals surface area contributed by atoms with Crippen LogP contribution in [-0.4, -0.2) is 29.1 Å². The second-order valence-corrected chi connectivity index (χ2v) is 6.03. The van der Waals surface area contributed by atoms with Gasteiger partial charge in [-0.15, -0.1) is 0 Å². The highest BCUT2D eigenvalue weighted by molar-refractivity contribution is 5.79. The third kappa shape index (κ3) is 3.12. The Bertz CT molecular complexity index is 410. The van der Waals surface area contributed by atoms with E-state index in [2.05, 4.69) is 32.9 Å². The van der Waals surface area contributed by atoms with Gasteiger partial charge in [0.15, 0.2) is 0 Å². The van der Waals surface area contributed by atoms with Crippen LogP contribution in [0.4, 0.5) is 0 Å². The molecule has 0 aliphatic heterocycles. The molecule has 0 spiro atoms. The van der Waals surface area contributed by atoms with Crippen molar-refractivity contribution in [2.24, 2.45) is 5.41 Å². The molecule has 0 aliphatic rings. The Morgan fingerprint density at radius 3 is 2.33 bits per heavy atom. The number of amides is 1. The van der Waals surface area contributed by atoms with Crippen molar-refractivity contribution < 1.29 is 9.32 Å². The number of carbonyl (C=O) groups is 1. The van der Waals surface area contributed by atoms with E-state index in [-0.39, 0.29) is 17.4 Å². The van der Waals surface area contributed by atoms with Crippen LogP contribution in [0.2, 0.25) is 0 Å². The molecule has 0 fully saturated rings. The van der Waals surface area contributed by atoms with Gasteiger partial charge >= 0.3 is 0 Å².